The zero-order chi connectivity index (χ0) is 23.2. The number of fused-ring (bicyclic) bond motifs is 1. The predicted molar refractivity (Wildman–Crippen MR) is 131 cm³/mol. The van der Waals surface area contributed by atoms with E-state index >= 15 is 0 Å². The van der Waals surface area contributed by atoms with Crippen molar-refractivity contribution < 1.29 is 9.47 Å². The van der Waals surface area contributed by atoms with Gasteiger partial charge in [0.25, 0.3) is 5.56 Å². The number of rotatable bonds is 9. The normalized spacial score (nSPS) is 11.0. The smallest absolute Gasteiger partial charge is 0.259 e. The predicted octanol–water partition coefficient (Wildman–Crippen LogP) is 5.55. The molecule has 4 rings (SSSR count). The summed E-state index contributed by atoms with van der Waals surface area (Å²) in [6.45, 7) is 7.34. The van der Waals surface area contributed by atoms with Gasteiger partial charge >= 0.3 is 0 Å². The fourth-order valence-corrected chi connectivity index (χ4v) is 3.51. The number of aromatic amines is 1. The van der Waals surface area contributed by atoms with Crippen LogP contribution in [0.25, 0.3) is 22.0 Å². The molecule has 0 aliphatic carbocycles. The van der Waals surface area contributed by atoms with Crippen LogP contribution in [0.1, 0.15) is 27.2 Å². The molecule has 4 aromatic rings. The zero-order valence-electron chi connectivity index (χ0n) is 19.1. The highest BCUT2D eigenvalue weighted by atomic mass is 16.5. The second kappa shape index (κ2) is 10.2. The molecular weight excluding hydrogens is 416 g/mol. The Morgan fingerprint density at radius 3 is 2.76 bits per heavy atom. The van der Waals surface area contributed by atoms with E-state index in [2.05, 4.69) is 29.1 Å². The summed E-state index contributed by atoms with van der Waals surface area (Å²) in [4.78, 5) is 24.6. The Kier molecular flexibility index (Phi) is 6.88. The lowest BCUT2D eigenvalue weighted by Gasteiger charge is -2.16. The Balaban J connectivity index is 1.80. The van der Waals surface area contributed by atoms with Crippen LogP contribution in [-0.2, 0) is 0 Å². The molecule has 0 atom stereocenters. The van der Waals surface area contributed by atoms with Crippen LogP contribution in [0.15, 0.2) is 65.7 Å². The van der Waals surface area contributed by atoms with Crippen molar-refractivity contribution in [1.82, 2.24) is 15.0 Å². The molecule has 33 heavy (non-hydrogen) atoms. The molecule has 0 aliphatic heterocycles. The lowest BCUT2D eigenvalue weighted by atomic mass is 10.1. The third-order valence-electron chi connectivity index (χ3n) is 5.18. The van der Waals surface area contributed by atoms with Gasteiger partial charge in [-0.05, 0) is 61.0 Å². The highest BCUT2D eigenvalue weighted by Gasteiger charge is 2.16. The van der Waals surface area contributed by atoms with Crippen LogP contribution in [0.4, 0.5) is 11.5 Å². The number of nitrogens with zero attached hydrogens (tertiary/aromatic N) is 2. The molecule has 1 aromatic carbocycles. The van der Waals surface area contributed by atoms with E-state index in [0.717, 1.165) is 23.1 Å². The van der Waals surface area contributed by atoms with Gasteiger partial charge in [0.05, 0.1) is 35.5 Å². The van der Waals surface area contributed by atoms with Gasteiger partial charge in [-0.2, -0.15) is 0 Å². The van der Waals surface area contributed by atoms with Crippen molar-refractivity contribution in [3.05, 3.63) is 71.3 Å². The van der Waals surface area contributed by atoms with E-state index in [1.54, 1.807) is 12.4 Å². The van der Waals surface area contributed by atoms with Crippen LogP contribution < -0.4 is 20.3 Å². The molecule has 7 nitrogen and oxygen atoms in total. The lowest BCUT2D eigenvalue weighted by molar-refractivity contribution is 0.291. The van der Waals surface area contributed by atoms with Crippen molar-refractivity contribution in [2.45, 2.75) is 27.2 Å². The molecule has 3 aromatic heterocycles. The van der Waals surface area contributed by atoms with Crippen LogP contribution >= 0.6 is 0 Å². The summed E-state index contributed by atoms with van der Waals surface area (Å²) < 4.78 is 11.7. The van der Waals surface area contributed by atoms with Gasteiger partial charge in [0.1, 0.15) is 11.6 Å². The van der Waals surface area contributed by atoms with Gasteiger partial charge in [-0.3, -0.25) is 4.79 Å². The van der Waals surface area contributed by atoms with E-state index in [4.69, 9.17) is 14.5 Å². The molecule has 7 heteroatoms. The summed E-state index contributed by atoms with van der Waals surface area (Å²) in [7, 11) is 0. The van der Waals surface area contributed by atoms with E-state index in [0.29, 0.717) is 47.7 Å². The Morgan fingerprint density at radius 1 is 1.09 bits per heavy atom. The summed E-state index contributed by atoms with van der Waals surface area (Å²) in [6, 6.07) is 15.1. The molecule has 0 saturated heterocycles. The standard InChI is InChI=1S/C26H28N4O3/c1-4-32-26-19(8-7-13-28-26)21-16-18-11-14-27-25(31)23(18)24(30-21)29-20-9-5-6-10-22(20)33-15-12-17(2)3/h5-11,13-14,16-17H,4,12,15H2,1-3H3,(H,27,31)(H,29,30). The molecular formula is C26H28N4O3. The maximum Gasteiger partial charge on any atom is 0.259 e. The number of nitrogens with one attached hydrogen (secondary N) is 2. The summed E-state index contributed by atoms with van der Waals surface area (Å²) in [5.41, 5.74) is 1.94. The Bertz CT molecular complexity index is 1300. The van der Waals surface area contributed by atoms with E-state index in [9.17, 15) is 4.79 Å². The van der Waals surface area contributed by atoms with Gasteiger partial charge < -0.3 is 19.8 Å². The number of pyridine rings is 3. The molecule has 0 spiro atoms. The van der Waals surface area contributed by atoms with Gasteiger partial charge in [-0.15, -0.1) is 0 Å². The number of H-pyrrole nitrogens is 1. The van der Waals surface area contributed by atoms with E-state index in [1.165, 1.54) is 0 Å². The van der Waals surface area contributed by atoms with Gasteiger partial charge in [0.15, 0.2) is 0 Å². The quantitative estimate of drug-likeness (QED) is 0.352. The first-order chi connectivity index (χ1) is 16.1. The molecule has 0 fully saturated rings. The fourth-order valence-electron chi connectivity index (χ4n) is 3.51. The highest BCUT2D eigenvalue weighted by molar-refractivity contribution is 5.95. The topological polar surface area (TPSA) is 89.1 Å². The van der Waals surface area contributed by atoms with Crippen LogP contribution in [-0.4, -0.2) is 28.2 Å². The molecule has 170 valence electrons. The zero-order valence-corrected chi connectivity index (χ0v) is 19.1. The van der Waals surface area contributed by atoms with E-state index < -0.39 is 0 Å². The van der Waals surface area contributed by atoms with Crippen molar-refractivity contribution in [1.29, 1.82) is 0 Å². The Morgan fingerprint density at radius 2 is 1.94 bits per heavy atom. The molecule has 0 radical (unpaired) electrons. The average molecular weight is 445 g/mol. The summed E-state index contributed by atoms with van der Waals surface area (Å²) in [6.07, 6.45) is 4.27. The van der Waals surface area contributed by atoms with Crippen LogP contribution in [0.5, 0.6) is 11.6 Å². The third-order valence-corrected chi connectivity index (χ3v) is 5.18. The number of ether oxygens (including phenoxy) is 2. The van der Waals surface area contributed by atoms with Crippen molar-refractivity contribution in [2.75, 3.05) is 18.5 Å². The molecule has 2 N–H and O–H groups in total. The Labute approximate surface area is 192 Å². The molecule has 0 amide bonds. The van der Waals surface area contributed by atoms with E-state index in [-0.39, 0.29) is 5.56 Å². The van der Waals surface area contributed by atoms with Gasteiger partial charge in [-0.25, -0.2) is 9.97 Å². The summed E-state index contributed by atoms with van der Waals surface area (Å²) >= 11 is 0. The number of aromatic nitrogens is 3. The number of para-hydroxylation sites is 2. The second-order valence-corrected chi connectivity index (χ2v) is 8.07. The largest absolute Gasteiger partial charge is 0.491 e. The summed E-state index contributed by atoms with van der Waals surface area (Å²) in [5.74, 6) is 2.20. The van der Waals surface area contributed by atoms with Crippen LogP contribution in [0.2, 0.25) is 0 Å². The number of hydrogen-bond donors (Lipinski definition) is 2. The van der Waals surface area contributed by atoms with Crippen LogP contribution in [0, 0.1) is 5.92 Å². The fraction of sp³-hybridized carbons (Fsp3) is 0.269. The molecule has 0 aliphatic rings. The molecule has 0 saturated carbocycles. The maximum atomic E-state index is 12.7. The van der Waals surface area contributed by atoms with Gasteiger partial charge in [0.2, 0.25) is 5.88 Å². The lowest BCUT2D eigenvalue weighted by Crippen LogP contribution is -2.10. The first-order valence-electron chi connectivity index (χ1n) is 11.2. The van der Waals surface area contributed by atoms with Crippen molar-refractivity contribution >= 4 is 22.3 Å². The van der Waals surface area contributed by atoms with E-state index in [1.807, 2.05) is 55.5 Å². The number of hydrogen-bond acceptors (Lipinski definition) is 6. The maximum absolute atomic E-state index is 12.7. The van der Waals surface area contributed by atoms with Gasteiger partial charge in [0, 0.05) is 12.4 Å². The van der Waals surface area contributed by atoms with Crippen molar-refractivity contribution in [3.8, 4) is 22.9 Å². The van der Waals surface area contributed by atoms with Crippen LogP contribution in [0.3, 0.4) is 0 Å². The SMILES string of the molecule is CCOc1ncccc1-c1cc2cc[nH]c(=O)c2c(Nc2ccccc2OCCC(C)C)n1. The average Bonchev–Trinajstić information content (AvgIpc) is 2.80. The second-order valence-electron chi connectivity index (χ2n) is 8.07. The minimum Gasteiger partial charge on any atom is -0.491 e. The summed E-state index contributed by atoms with van der Waals surface area (Å²) in [5, 5.41) is 4.57. The third kappa shape index (κ3) is 5.14. The minimum atomic E-state index is -0.219. The molecule has 0 bridgehead atoms. The molecule has 3 heterocycles. The Hall–Kier alpha value is -3.87. The number of benzene rings is 1. The van der Waals surface area contributed by atoms with Crippen molar-refractivity contribution in [3.63, 3.8) is 0 Å². The van der Waals surface area contributed by atoms with Crippen molar-refractivity contribution in [2.24, 2.45) is 5.92 Å². The number of anilines is 2. The molecule has 0 unspecified atom stereocenters. The first-order valence-corrected chi connectivity index (χ1v) is 11.2. The van der Waals surface area contributed by atoms with Gasteiger partial charge in [-0.1, -0.05) is 26.0 Å². The first kappa shape index (κ1) is 22.3. The highest BCUT2D eigenvalue weighted by Crippen LogP contribution is 2.34. The minimum absolute atomic E-state index is 0.219. The monoisotopic (exact) mass is 444 g/mol.